The molecule has 7 heteroatoms. The van der Waals surface area contributed by atoms with Crippen LogP contribution in [0.2, 0.25) is 0 Å². The number of nitrogens with one attached hydrogen (secondary N) is 2. The van der Waals surface area contributed by atoms with Gasteiger partial charge in [-0.3, -0.25) is 9.59 Å². The molecule has 0 amide bonds. The zero-order valence-corrected chi connectivity index (χ0v) is 12.9. The van der Waals surface area contributed by atoms with Gasteiger partial charge in [-0.05, 0) is 44.8 Å². The van der Waals surface area contributed by atoms with Gasteiger partial charge in [0.1, 0.15) is 0 Å². The largest absolute Gasteiger partial charge is 0.317 e. The van der Waals surface area contributed by atoms with E-state index in [0.717, 1.165) is 31.5 Å². The zero-order chi connectivity index (χ0) is 14.3. The summed E-state index contributed by atoms with van der Waals surface area (Å²) in [5.74, 6) is 0.229. The maximum absolute atomic E-state index is 12.5. The summed E-state index contributed by atoms with van der Waals surface area (Å²) in [6.45, 7) is 3.62. The van der Waals surface area contributed by atoms with Crippen LogP contribution in [0.4, 0.5) is 0 Å². The minimum absolute atomic E-state index is 0. The molecule has 0 atom stereocenters. The number of aromatic nitrogens is 3. The number of hydrogen-bond acceptors (Lipinski definition) is 4. The molecule has 0 spiro atoms. The van der Waals surface area contributed by atoms with Gasteiger partial charge < -0.3 is 9.88 Å². The quantitative estimate of drug-likeness (QED) is 0.817. The molecule has 3 heterocycles. The van der Waals surface area contributed by atoms with Crippen LogP contribution in [0, 0.1) is 6.92 Å². The molecule has 1 saturated heterocycles. The van der Waals surface area contributed by atoms with Crippen LogP contribution in [-0.2, 0) is 7.05 Å². The summed E-state index contributed by atoms with van der Waals surface area (Å²) in [5.41, 5.74) is 1.78. The number of aromatic amines is 1. The van der Waals surface area contributed by atoms with Gasteiger partial charge in [-0.2, -0.15) is 5.10 Å². The van der Waals surface area contributed by atoms with E-state index in [-0.39, 0.29) is 29.4 Å². The first-order chi connectivity index (χ1) is 9.59. The fourth-order valence-electron chi connectivity index (χ4n) is 3.05. The lowest BCUT2D eigenvalue weighted by Gasteiger charge is -2.23. The Kier molecular flexibility index (Phi) is 4.49. The summed E-state index contributed by atoms with van der Waals surface area (Å²) in [4.78, 5) is 24.5. The Hall–Kier alpha value is -1.66. The van der Waals surface area contributed by atoms with Crippen molar-refractivity contribution in [2.24, 2.45) is 7.05 Å². The Bertz CT molecular complexity index is 775. The molecule has 0 bridgehead atoms. The van der Waals surface area contributed by atoms with E-state index in [4.69, 9.17) is 0 Å². The maximum Gasteiger partial charge on any atom is 0.273 e. The zero-order valence-electron chi connectivity index (χ0n) is 12.1. The molecule has 0 aromatic carbocycles. The molecule has 2 aromatic rings. The maximum atomic E-state index is 12.5. The van der Waals surface area contributed by atoms with Crippen molar-refractivity contribution in [3.63, 3.8) is 0 Å². The summed E-state index contributed by atoms with van der Waals surface area (Å²) in [6.07, 6.45) is 1.87. The van der Waals surface area contributed by atoms with Crippen molar-refractivity contribution in [3.05, 3.63) is 38.0 Å². The fourth-order valence-corrected chi connectivity index (χ4v) is 3.05. The minimum atomic E-state index is -0.239. The second-order valence-electron chi connectivity index (χ2n) is 5.39. The molecule has 1 fully saturated rings. The number of halogens is 1. The lowest BCUT2D eigenvalue weighted by molar-refractivity contribution is 0.456. The third-order valence-electron chi connectivity index (χ3n) is 4.13. The van der Waals surface area contributed by atoms with Crippen LogP contribution in [0.5, 0.6) is 0 Å². The van der Waals surface area contributed by atoms with Crippen LogP contribution in [-0.4, -0.2) is 27.9 Å². The highest BCUT2D eigenvalue weighted by atomic mass is 35.5. The van der Waals surface area contributed by atoms with Gasteiger partial charge in [-0.1, -0.05) is 0 Å². The molecular formula is C14H19ClN4O2. The van der Waals surface area contributed by atoms with E-state index in [9.17, 15) is 9.59 Å². The van der Waals surface area contributed by atoms with E-state index < -0.39 is 0 Å². The summed E-state index contributed by atoms with van der Waals surface area (Å²) in [5, 5.41) is 10.3. The van der Waals surface area contributed by atoms with Crippen LogP contribution in [0.25, 0.3) is 10.9 Å². The number of nitrogens with zero attached hydrogens (tertiary/aromatic N) is 2. The second-order valence-corrected chi connectivity index (χ2v) is 5.39. The van der Waals surface area contributed by atoms with Crippen LogP contribution in [0.1, 0.15) is 30.0 Å². The van der Waals surface area contributed by atoms with E-state index in [2.05, 4.69) is 15.5 Å². The van der Waals surface area contributed by atoms with Gasteiger partial charge in [0.2, 0.25) is 0 Å². The summed E-state index contributed by atoms with van der Waals surface area (Å²) in [6, 6.07) is 1.77. The Morgan fingerprint density at radius 3 is 2.62 bits per heavy atom. The Balaban J connectivity index is 0.00000161. The monoisotopic (exact) mass is 310 g/mol. The molecule has 0 aliphatic carbocycles. The third-order valence-corrected chi connectivity index (χ3v) is 4.13. The average molecular weight is 311 g/mol. The molecule has 2 N–H and O–H groups in total. The third kappa shape index (κ3) is 2.61. The van der Waals surface area contributed by atoms with Crippen molar-refractivity contribution in [2.45, 2.75) is 25.7 Å². The standard InChI is InChI=1S/C14H18N4O2.ClH/c1-8-12-11(13(19)17-16-8)7-10(14(20)18(12)2)9-3-5-15-6-4-9;/h7,9,15H,3-6H2,1-2H3,(H,17,19);1H. The number of pyridine rings is 1. The lowest BCUT2D eigenvalue weighted by atomic mass is 9.90. The number of fused-ring (bicyclic) bond motifs is 1. The van der Waals surface area contributed by atoms with E-state index in [1.807, 2.05) is 0 Å². The van der Waals surface area contributed by atoms with Gasteiger partial charge in [0.15, 0.2) is 0 Å². The Morgan fingerprint density at radius 2 is 1.95 bits per heavy atom. The predicted molar refractivity (Wildman–Crippen MR) is 84.4 cm³/mol. The number of rotatable bonds is 1. The van der Waals surface area contributed by atoms with Gasteiger partial charge >= 0.3 is 0 Å². The molecule has 3 rings (SSSR count). The molecule has 2 aromatic heterocycles. The summed E-state index contributed by atoms with van der Waals surface area (Å²) < 4.78 is 1.56. The van der Waals surface area contributed by atoms with Crippen LogP contribution in [0.15, 0.2) is 15.7 Å². The minimum Gasteiger partial charge on any atom is -0.317 e. The highest BCUT2D eigenvalue weighted by Gasteiger charge is 2.21. The molecule has 21 heavy (non-hydrogen) atoms. The molecule has 6 nitrogen and oxygen atoms in total. The molecule has 114 valence electrons. The first kappa shape index (κ1) is 15.7. The summed E-state index contributed by atoms with van der Waals surface area (Å²) in [7, 11) is 1.71. The van der Waals surface area contributed by atoms with Gasteiger partial charge in [-0.25, -0.2) is 5.10 Å². The number of piperidine rings is 1. The van der Waals surface area contributed by atoms with Crippen LogP contribution in [0.3, 0.4) is 0 Å². The first-order valence-electron chi connectivity index (χ1n) is 6.89. The summed E-state index contributed by atoms with van der Waals surface area (Å²) >= 11 is 0. The number of H-pyrrole nitrogens is 1. The van der Waals surface area contributed by atoms with E-state index in [1.54, 1.807) is 24.6 Å². The van der Waals surface area contributed by atoms with E-state index in [0.29, 0.717) is 16.6 Å². The first-order valence-corrected chi connectivity index (χ1v) is 6.89. The van der Waals surface area contributed by atoms with Crippen molar-refractivity contribution in [1.29, 1.82) is 0 Å². The van der Waals surface area contributed by atoms with E-state index in [1.165, 1.54) is 0 Å². The topological polar surface area (TPSA) is 79.8 Å². The Morgan fingerprint density at radius 1 is 1.29 bits per heavy atom. The van der Waals surface area contributed by atoms with Crippen molar-refractivity contribution >= 4 is 23.3 Å². The van der Waals surface area contributed by atoms with Crippen molar-refractivity contribution in [2.75, 3.05) is 13.1 Å². The molecule has 1 aliphatic heterocycles. The van der Waals surface area contributed by atoms with Crippen molar-refractivity contribution in [3.8, 4) is 0 Å². The highest BCUT2D eigenvalue weighted by molar-refractivity contribution is 5.85. The van der Waals surface area contributed by atoms with Crippen LogP contribution >= 0.6 is 12.4 Å². The molecular weight excluding hydrogens is 292 g/mol. The van der Waals surface area contributed by atoms with Gasteiger partial charge in [-0.15, -0.1) is 12.4 Å². The highest BCUT2D eigenvalue weighted by Crippen LogP contribution is 2.24. The van der Waals surface area contributed by atoms with Crippen molar-refractivity contribution in [1.82, 2.24) is 20.1 Å². The molecule has 0 saturated carbocycles. The number of aryl methyl sites for hydroxylation is 2. The normalized spacial score (nSPS) is 15.9. The van der Waals surface area contributed by atoms with Gasteiger partial charge in [0.25, 0.3) is 11.1 Å². The molecule has 1 aliphatic rings. The fraction of sp³-hybridized carbons (Fsp3) is 0.500. The van der Waals surface area contributed by atoms with Crippen molar-refractivity contribution < 1.29 is 0 Å². The van der Waals surface area contributed by atoms with Gasteiger partial charge in [0.05, 0.1) is 16.6 Å². The second kappa shape index (κ2) is 5.99. The van der Waals surface area contributed by atoms with E-state index >= 15 is 0 Å². The Labute approximate surface area is 128 Å². The average Bonchev–Trinajstić information content (AvgIpc) is 2.47. The van der Waals surface area contributed by atoms with Gasteiger partial charge in [0, 0.05) is 12.6 Å². The SMILES string of the molecule is Cc1n[nH]c(=O)c2cc(C3CCNCC3)c(=O)n(C)c12.Cl. The molecule has 0 radical (unpaired) electrons. The van der Waals surface area contributed by atoms with Crippen LogP contribution < -0.4 is 16.4 Å². The molecule has 0 unspecified atom stereocenters. The lowest BCUT2D eigenvalue weighted by Crippen LogP contribution is -2.32. The number of hydrogen-bond donors (Lipinski definition) is 2. The predicted octanol–water partition coefficient (Wildman–Crippen LogP) is 0.819. The smallest absolute Gasteiger partial charge is 0.273 e.